The van der Waals surface area contributed by atoms with Crippen molar-refractivity contribution in [1.29, 1.82) is 0 Å². The van der Waals surface area contributed by atoms with E-state index in [-0.39, 0.29) is 23.6 Å². The maximum atomic E-state index is 11.8. The van der Waals surface area contributed by atoms with Gasteiger partial charge in [0.25, 0.3) is 0 Å². The molecule has 0 atom stereocenters. The fraction of sp³-hybridized carbons (Fsp3) is 0.154. The van der Waals surface area contributed by atoms with Gasteiger partial charge < -0.3 is 10.5 Å². The zero-order valence-electron chi connectivity index (χ0n) is 11.2. The first-order valence-corrected chi connectivity index (χ1v) is 6.30. The number of carbonyl (C=O) groups excluding carboxylic acids is 1. The number of ether oxygens (including phenoxy) is 1. The van der Waals surface area contributed by atoms with Crippen LogP contribution in [0.15, 0.2) is 30.6 Å². The predicted molar refractivity (Wildman–Crippen MR) is 74.4 cm³/mol. The summed E-state index contributed by atoms with van der Waals surface area (Å²) in [6, 6.07) is 5.38. The summed E-state index contributed by atoms with van der Waals surface area (Å²) in [5.74, 6) is -0.249. The van der Waals surface area contributed by atoms with Gasteiger partial charge in [-0.3, -0.25) is 4.98 Å². The molecule has 8 nitrogen and oxygen atoms in total. The van der Waals surface area contributed by atoms with Gasteiger partial charge in [0.2, 0.25) is 0 Å². The van der Waals surface area contributed by atoms with Crippen LogP contribution in [0, 0.1) is 0 Å². The topological polar surface area (TPSA) is 108 Å². The third kappa shape index (κ3) is 2.16. The Labute approximate surface area is 119 Å². The number of pyridine rings is 1. The molecule has 0 aliphatic rings. The smallest absolute Gasteiger partial charge is 0.343 e. The van der Waals surface area contributed by atoms with Gasteiger partial charge >= 0.3 is 5.97 Å². The lowest BCUT2D eigenvalue weighted by molar-refractivity contribution is 0.0528. The van der Waals surface area contributed by atoms with Crippen molar-refractivity contribution in [1.82, 2.24) is 24.8 Å². The average Bonchev–Trinajstić information content (AvgIpc) is 2.94. The van der Waals surface area contributed by atoms with Crippen LogP contribution in [-0.2, 0) is 4.74 Å². The molecule has 2 N–H and O–H groups in total. The molecule has 0 aliphatic carbocycles. The van der Waals surface area contributed by atoms with E-state index in [1.54, 1.807) is 25.3 Å². The van der Waals surface area contributed by atoms with Gasteiger partial charge in [-0.05, 0) is 19.1 Å². The number of hydrogen-bond donors (Lipinski definition) is 1. The second kappa shape index (κ2) is 5.16. The summed E-state index contributed by atoms with van der Waals surface area (Å²) < 4.78 is 6.29. The summed E-state index contributed by atoms with van der Waals surface area (Å²) in [5, 5.41) is 12.1. The van der Waals surface area contributed by atoms with Gasteiger partial charge in [0.05, 0.1) is 18.5 Å². The van der Waals surface area contributed by atoms with Crippen LogP contribution >= 0.6 is 0 Å². The Morgan fingerprint density at radius 1 is 1.38 bits per heavy atom. The van der Waals surface area contributed by atoms with Gasteiger partial charge in [-0.2, -0.15) is 9.61 Å². The fourth-order valence-electron chi connectivity index (χ4n) is 1.90. The molecule has 3 aromatic rings. The van der Waals surface area contributed by atoms with Crippen molar-refractivity contribution in [3.63, 3.8) is 0 Å². The van der Waals surface area contributed by atoms with Crippen LogP contribution in [0.4, 0.5) is 5.82 Å². The van der Waals surface area contributed by atoms with Gasteiger partial charge in [-0.15, -0.1) is 10.2 Å². The number of nitrogens with two attached hydrogens (primary N) is 1. The number of esters is 1. The van der Waals surface area contributed by atoms with E-state index in [1.807, 2.05) is 6.07 Å². The van der Waals surface area contributed by atoms with Crippen LogP contribution in [0.25, 0.3) is 17.0 Å². The summed E-state index contributed by atoms with van der Waals surface area (Å²) in [5.41, 5.74) is 7.51. The van der Waals surface area contributed by atoms with Crippen molar-refractivity contribution in [2.75, 3.05) is 12.3 Å². The highest BCUT2D eigenvalue weighted by Gasteiger charge is 2.19. The van der Waals surface area contributed by atoms with Gasteiger partial charge in [-0.25, -0.2) is 4.79 Å². The van der Waals surface area contributed by atoms with Crippen LogP contribution in [0.2, 0.25) is 0 Å². The first kappa shape index (κ1) is 13.0. The third-order valence-electron chi connectivity index (χ3n) is 2.86. The number of fused-ring (bicyclic) bond motifs is 1. The lowest BCUT2D eigenvalue weighted by Gasteiger charge is -2.05. The molecule has 0 saturated heterocycles. The molecule has 0 radical (unpaired) electrons. The number of anilines is 1. The molecule has 3 aromatic heterocycles. The van der Waals surface area contributed by atoms with Crippen molar-refractivity contribution in [2.45, 2.75) is 6.92 Å². The molecular weight excluding hydrogens is 272 g/mol. The molecule has 0 amide bonds. The first-order chi connectivity index (χ1) is 10.2. The van der Waals surface area contributed by atoms with Crippen LogP contribution < -0.4 is 5.73 Å². The number of aromatic nitrogens is 5. The molecule has 106 valence electrons. The Bertz CT molecular complexity index is 799. The van der Waals surface area contributed by atoms with Crippen molar-refractivity contribution in [3.05, 3.63) is 36.2 Å². The van der Waals surface area contributed by atoms with Crippen LogP contribution in [0.1, 0.15) is 17.3 Å². The highest BCUT2D eigenvalue weighted by Crippen LogP contribution is 2.22. The lowest BCUT2D eigenvalue weighted by Crippen LogP contribution is -2.09. The largest absolute Gasteiger partial charge is 0.462 e. The quantitative estimate of drug-likeness (QED) is 0.713. The van der Waals surface area contributed by atoms with E-state index in [0.29, 0.717) is 11.4 Å². The molecule has 3 heterocycles. The SMILES string of the molecule is CCOC(=O)c1cnn2c(N)c(-c3ccccn3)nnc12. The van der Waals surface area contributed by atoms with E-state index in [4.69, 9.17) is 10.5 Å². The van der Waals surface area contributed by atoms with E-state index in [9.17, 15) is 4.79 Å². The average molecular weight is 284 g/mol. The second-order valence-corrected chi connectivity index (χ2v) is 4.16. The van der Waals surface area contributed by atoms with Crippen LogP contribution in [0.3, 0.4) is 0 Å². The molecule has 8 heteroatoms. The number of rotatable bonds is 3. The Morgan fingerprint density at radius 3 is 2.95 bits per heavy atom. The zero-order chi connectivity index (χ0) is 14.8. The maximum Gasteiger partial charge on any atom is 0.343 e. The van der Waals surface area contributed by atoms with Gasteiger partial charge in [-0.1, -0.05) is 6.07 Å². The number of nitrogen functional groups attached to an aromatic ring is 1. The van der Waals surface area contributed by atoms with E-state index < -0.39 is 5.97 Å². The highest BCUT2D eigenvalue weighted by atomic mass is 16.5. The minimum Gasteiger partial charge on any atom is -0.462 e. The summed E-state index contributed by atoms with van der Waals surface area (Å²) in [7, 11) is 0. The first-order valence-electron chi connectivity index (χ1n) is 6.30. The van der Waals surface area contributed by atoms with E-state index in [0.717, 1.165) is 0 Å². The molecule has 21 heavy (non-hydrogen) atoms. The van der Waals surface area contributed by atoms with Crippen molar-refractivity contribution < 1.29 is 9.53 Å². The summed E-state index contributed by atoms with van der Waals surface area (Å²) in [6.07, 6.45) is 2.99. The second-order valence-electron chi connectivity index (χ2n) is 4.16. The van der Waals surface area contributed by atoms with Crippen LogP contribution in [0.5, 0.6) is 0 Å². The van der Waals surface area contributed by atoms with Crippen molar-refractivity contribution >= 4 is 17.4 Å². The Balaban J connectivity index is 2.13. The predicted octanol–water partition coefficient (Wildman–Crippen LogP) is 0.945. The van der Waals surface area contributed by atoms with Gasteiger partial charge in [0.15, 0.2) is 17.2 Å². The van der Waals surface area contributed by atoms with Crippen molar-refractivity contribution in [2.24, 2.45) is 0 Å². The minimum atomic E-state index is -0.508. The monoisotopic (exact) mass is 284 g/mol. The van der Waals surface area contributed by atoms with E-state index in [2.05, 4.69) is 20.3 Å². The molecule has 0 saturated carbocycles. The van der Waals surface area contributed by atoms with Gasteiger partial charge in [0, 0.05) is 6.20 Å². The fourth-order valence-corrected chi connectivity index (χ4v) is 1.90. The molecule has 0 spiro atoms. The zero-order valence-corrected chi connectivity index (χ0v) is 11.2. The molecular formula is C13H12N6O2. The third-order valence-corrected chi connectivity index (χ3v) is 2.86. The van der Waals surface area contributed by atoms with E-state index in [1.165, 1.54) is 10.7 Å². The number of carbonyl (C=O) groups is 1. The number of hydrogen-bond acceptors (Lipinski definition) is 7. The molecule has 0 aliphatic heterocycles. The molecule has 0 bridgehead atoms. The standard InChI is InChI=1S/C13H12N6O2/c1-2-21-13(20)8-7-16-19-11(14)10(17-18-12(8)19)9-5-3-4-6-15-9/h3-7H,2,14H2,1H3. The van der Waals surface area contributed by atoms with E-state index >= 15 is 0 Å². The highest BCUT2D eigenvalue weighted by molar-refractivity contribution is 5.96. The summed E-state index contributed by atoms with van der Waals surface area (Å²) in [6.45, 7) is 1.99. The summed E-state index contributed by atoms with van der Waals surface area (Å²) >= 11 is 0. The van der Waals surface area contributed by atoms with Crippen LogP contribution in [-0.4, -0.2) is 37.4 Å². The Morgan fingerprint density at radius 2 is 2.24 bits per heavy atom. The van der Waals surface area contributed by atoms with Crippen molar-refractivity contribution in [3.8, 4) is 11.4 Å². The molecule has 0 aromatic carbocycles. The summed E-state index contributed by atoms with van der Waals surface area (Å²) in [4.78, 5) is 16.0. The Hall–Kier alpha value is -3.03. The molecule has 0 unspecified atom stereocenters. The van der Waals surface area contributed by atoms with Gasteiger partial charge in [0.1, 0.15) is 5.56 Å². The molecule has 3 rings (SSSR count). The minimum absolute atomic E-state index is 0.226. The Kier molecular flexibility index (Phi) is 3.19. The number of nitrogens with zero attached hydrogens (tertiary/aromatic N) is 5. The molecule has 0 fully saturated rings. The maximum absolute atomic E-state index is 11.8. The normalized spacial score (nSPS) is 10.7. The lowest BCUT2D eigenvalue weighted by atomic mass is 10.2.